The lowest BCUT2D eigenvalue weighted by atomic mass is 10.2. The zero-order chi connectivity index (χ0) is 19.8. The van der Waals surface area contributed by atoms with E-state index in [9.17, 15) is 4.79 Å². The van der Waals surface area contributed by atoms with E-state index in [0.29, 0.717) is 10.7 Å². The Morgan fingerprint density at radius 3 is 2.56 bits per heavy atom. The molecule has 0 aromatic heterocycles. The lowest BCUT2D eigenvalue weighted by molar-refractivity contribution is -0.0970. The van der Waals surface area contributed by atoms with Crippen molar-refractivity contribution in [2.45, 2.75) is 13.2 Å². The van der Waals surface area contributed by atoms with Gasteiger partial charge in [0.25, 0.3) is 0 Å². The summed E-state index contributed by atoms with van der Waals surface area (Å²) in [5, 5.41) is 8.83. The number of anilines is 1. The first-order valence-corrected chi connectivity index (χ1v) is 9.31. The zero-order valence-corrected chi connectivity index (χ0v) is 17.6. The van der Waals surface area contributed by atoms with Gasteiger partial charge in [0.1, 0.15) is 0 Å². The second-order valence-electron chi connectivity index (χ2n) is 5.61. The third-order valence-corrected chi connectivity index (χ3v) is 5.28. The van der Waals surface area contributed by atoms with Crippen molar-refractivity contribution in [3.8, 4) is 0 Å². The van der Waals surface area contributed by atoms with Crippen molar-refractivity contribution in [1.82, 2.24) is 5.32 Å². The van der Waals surface area contributed by atoms with Crippen LogP contribution < -0.4 is 10.3 Å². The first kappa shape index (κ1) is 21.4. The van der Waals surface area contributed by atoms with E-state index >= 15 is 0 Å². The van der Waals surface area contributed by atoms with Crippen LogP contribution in [0.2, 0.25) is 5.02 Å². The predicted octanol–water partition coefficient (Wildman–Crippen LogP) is 4.58. The highest BCUT2D eigenvalue weighted by atomic mass is 79.9. The van der Waals surface area contributed by atoms with Gasteiger partial charge in [-0.05, 0) is 46.1 Å². The van der Waals surface area contributed by atoms with Crippen molar-refractivity contribution in [2.75, 3.05) is 25.8 Å². The summed E-state index contributed by atoms with van der Waals surface area (Å²) >= 11 is 9.68. The van der Waals surface area contributed by atoms with Crippen molar-refractivity contribution >= 4 is 45.5 Å². The lowest BCUT2D eigenvalue weighted by Gasteiger charge is -2.21. The SMILES string of the molecule is COC(CNC(=O)N(/N=C/c1ccccc1)c1cc(C)c(Br)c(Cl)c1)OC. The smallest absolute Gasteiger partial charge is 0.342 e. The second kappa shape index (κ2) is 10.4. The van der Waals surface area contributed by atoms with Gasteiger partial charge in [-0.25, -0.2) is 4.79 Å². The molecule has 0 bridgehead atoms. The molecular weight excluding hydrogens is 434 g/mol. The number of rotatable bonds is 7. The van der Waals surface area contributed by atoms with Gasteiger partial charge in [-0.3, -0.25) is 0 Å². The molecule has 0 atom stereocenters. The minimum absolute atomic E-state index is 0.173. The Morgan fingerprint density at radius 2 is 1.96 bits per heavy atom. The average molecular weight is 455 g/mol. The average Bonchev–Trinajstić information content (AvgIpc) is 2.67. The molecule has 2 aromatic carbocycles. The number of methoxy groups -OCH3 is 2. The Bertz CT molecular complexity index is 775. The lowest BCUT2D eigenvalue weighted by Crippen LogP contribution is -2.41. The molecule has 144 valence electrons. The number of hydrogen-bond acceptors (Lipinski definition) is 4. The minimum Gasteiger partial charge on any atom is -0.354 e. The molecule has 0 saturated heterocycles. The summed E-state index contributed by atoms with van der Waals surface area (Å²) in [5.41, 5.74) is 2.29. The number of nitrogens with one attached hydrogen (secondary N) is 1. The molecule has 0 aliphatic heterocycles. The summed E-state index contributed by atoms with van der Waals surface area (Å²) in [6, 6.07) is 12.6. The van der Waals surface area contributed by atoms with E-state index in [0.717, 1.165) is 15.6 Å². The summed E-state index contributed by atoms with van der Waals surface area (Å²) < 4.78 is 11.0. The molecule has 0 aliphatic carbocycles. The number of ether oxygens (including phenoxy) is 2. The molecule has 0 heterocycles. The number of urea groups is 1. The van der Waals surface area contributed by atoms with Crippen molar-refractivity contribution in [3.05, 3.63) is 63.1 Å². The highest BCUT2D eigenvalue weighted by Gasteiger charge is 2.18. The molecule has 2 amide bonds. The Morgan fingerprint density at radius 1 is 1.30 bits per heavy atom. The Balaban J connectivity index is 2.30. The van der Waals surface area contributed by atoms with Crippen LogP contribution in [0.15, 0.2) is 52.0 Å². The molecule has 0 spiro atoms. The highest BCUT2D eigenvalue weighted by Crippen LogP contribution is 2.31. The molecule has 27 heavy (non-hydrogen) atoms. The van der Waals surface area contributed by atoms with Crippen LogP contribution in [-0.4, -0.2) is 39.3 Å². The molecule has 0 unspecified atom stereocenters. The van der Waals surface area contributed by atoms with Gasteiger partial charge < -0.3 is 14.8 Å². The first-order valence-electron chi connectivity index (χ1n) is 8.14. The molecule has 1 N–H and O–H groups in total. The highest BCUT2D eigenvalue weighted by molar-refractivity contribution is 9.10. The molecule has 6 nitrogen and oxygen atoms in total. The van der Waals surface area contributed by atoms with E-state index in [2.05, 4.69) is 26.3 Å². The van der Waals surface area contributed by atoms with Crippen LogP contribution in [0.1, 0.15) is 11.1 Å². The summed E-state index contributed by atoms with van der Waals surface area (Å²) in [6.07, 6.45) is 1.05. The molecule has 0 fully saturated rings. The van der Waals surface area contributed by atoms with E-state index in [1.165, 1.54) is 19.2 Å². The topological polar surface area (TPSA) is 63.2 Å². The van der Waals surface area contributed by atoms with Gasteiger partial charge in [-0.1, -0.05) is 41.9 Å². The van der Waals surface area contributed by atoms with E-state index in [1.54, 1.807) is 12.3 Å². The molecule has 0 saturated carbocycles. The van der Waals surface area contributed by atoms with Gasteiger partial charge in [0, 0.05) is 18.7 Å². The quantitative estimate of drug-likeness (QED) is 0.378. The van der Waals surface area contributed by atoms with Crippen LogP contribution in [0.5, 0.6) is 0 Å². The van der Waals surface area contributed by atoms with Gasteiger partial charge in [-0.2, -0.15) is 10.1 Å². The fourth-order valence-corrected chi connectivity index (χ4v) is 2.73. The van der Waals surface area contributed by atoms with Crippen molar-refractivity contribution < 1.29 is 14.3 Å². The molecule has 8 heteroatoms. The van der Waals surface area contributed by atoms with Crippen LogP contribution in [0, 0.1) is 6.92 Å². The van der Waals surface area contributed by atoms with E-state index in [1.807, 2.05) is 43.3 Å². The molecule has 0 radical (unpaired) electrons. The van der Waals surface area contributed by atoms with Gasteiger partial charge in [0.05, 0.1) is 23.5 Å². The van der Waals surface area contributed by atoms with Crippen molar-refractivity contribution in [1.29, 1.82) is 0 Å². The Labute approximate surface area is 172 Å². The van der Waals surface area contributed by atoms with Gasteiger partial charge in [0.15, 0.2) is 6.29 Å². The maximum Gasteiger partial charge on any atom is 0.342 e. The zero-order valence-electron chi connectivity index (χ0n) is 15.3. The monoisotopic (exact) mass is 453 g/mol. The predicted molar refractivity (Wildman–Crippen MR) is 112 cm³/mol. The number of nitrogens with zero attached hydrogens (tertiary/aromatic N) is 2. The fourth-order valence-electron chi connectivity index (χ4n) is 2.24. The van der Waals surface area contributed by atoms with Crippen LogP contribution in [-0.2, 0) is 9.47 Å². The molecule has 2 aromatic rings. The van der Waals surface area contributed by atoms with Gasteiger partial charge in [-0.15, -0.1) is 0 Å². The van der Waals surface area contributed by atoms with Crippen LogP contribution in [0.3, 0.4) is 0 Å². The number of carbonyl (C=O) groups excluding carboxylic acids is 1. The number of benzene rings is 2. The minimum atomic E-state index is -0.552. The largest absolute Gasteiger partial charge is 0.354 e. The van der Waals surface area contributed by atoms with Crippen LogP contribution >= 0.6 is 27.5 Å². The van der Waals surface area contributed by atoms with E-state index in [-0.39, 0.29) is 6.54 Å². The summed E-state index contributed by atoms with van der Waals surface area (Å²) in [7, 11) is 3.01. The fraction of sp³-hybridized carbons (Fsp3) is 0.263. The van der Waals surface area contributed by atoms with E-state index in [4.69, 9.17) is 21.1 Å². The number of aryl methyl sites for hydroxylation is 1. The molecule has 2 rings (SSSR count). The Hall–Kier alpha value is -1.93. The summed E-state index contributed by atoms with van der Waals surface area (Å²) in [6.45, 7) is 2.06. The third-order valence-electron chi connectivity index (χ3n) is 3.70. The number of hydrogen-bond donors (Lipinski definition) is 1. The van der Waals surface area contributed by atoms with E-state index < -0.39 is 12.3 Å². The number of carbonyl (C=O) groups is 1. The number of amides is 2. The maximum absolute atomic E-state index is 12.7. The second-order valence-corrected chi connectivity index (χ2v) is 6.81. The normalized spacial score (nSPS) is 11.2. The van der Waals surface area contributed by atoms with Crippen LogP contribution in [0.25, 0.3) is 0 Å². The third kappa shape index (κ3) is 6.04. The summed E-state index contributed by atoms with van der Waals surface area (Å²) in [5.74, 6) is 0. The molecule has 0 aliphatic rings. The maximum atomic E-state index is 12.7. The van der Waals surface area contributed by atoms with Gasteiger partial charge in [0.2, 0.25) is 0 Å². The van der Waals surface area contributed by atoms with Crippen molar-refractivity contribution in [3.63, 3.8) is 0 Å². The molecular formula is C19H21BrClN3O3. The standard InChI is InChI=1S/C19H21BrClN3O3/c1-13-9-15(10-16(21)18(13)20)24(19(25)22-12-17(26-2)27-3)23-11-14-7-5-4-6-8-14/h4-11,17H,12H2,1-3H3,(H,22,25)/b23-11+. The van der Waals surface area contributed by atoms with Crippen LogP contribution in [0.4, 0.5) is 10.5 Å². The van der Waals surface area contributed by atoms with Gasteiger partial charge >= 0.3 is 6.03 Å². The Kier molecular flexibility index (Phi) is 8.24. The number of hydrazone groups is 1. The van der Waals surface area contributed by atoms with Crippen molar-refractivity contribution in [2.24, 2.45) is 5.10 Å². The summed E-state index contributed by atoms with van der Waals surface area (Å²) in [4.78, 5) is 12.7. The first-order chi connectivity index (χ1) is 13.0. The number of halogens is 2.